The zero-order valence-electron chi connectivity index (χ0n) is 8.90. The normalized spacial score (nSPS) is 10.7. The van der Waals surface area contributed by atoms with Crippen LogP contribution < -0.4 is 5.73 Å². The van der Waals surface area contributed by atoms with E-state index in [1.807, 2.05) is 6.07 Å². The van der Waals surface area contributed by atoms with Gasteiger partial charge in [0.15, 0.2) is 0 Å². The highest BCUT2D eigenvalue weighted by atomic mass is 79.9. The maximum atomic E-state index is 5.42. The van der Waals surface area contributed by atoms with E-state index in [9.17, 15) is 0 Å². The molecule has 0 spiro atoms. The number of hydrogen-bond donors (Lipinski definition) is 1. The van der Waals surface area contributed by atoms with Gasteiger partial charge in [0.05, 0.1) is 6.54 Å². The number of halogens is 1. The molecule has 1 aromatic heterocycles. The lowest BCUT2D eigenvalue weighted by Crippen LogP contribution is -1.95. The average Bonchev–Trinajstić information content (AvgIpc) is 2.76. The molecule has 4 nitrogen and oxygen atoms in total. The fraction of sp³-hybridized carbons (Fsp3) is 0.273. The topological polar surface area (TPSA) is 64.9 Å². The quantitative estimate of drug-likeness (QED) is 0.939. The lowest BCUT2D eigenvalue weighted by atomic mass is 10.1. The van der Waals surface area contributed by atoms with E-state index in [1.54, 1.807) is 0 Å². The van der Waals surface area contributed by atoms with Crippen molar-refractivity contribution in [3.63, 3.8) is 0 Å². The predicted molar refractivity (Wildman–Crippen MR) is 64.7 cm³/mol. The second kappa shape index (κ2) is 4.76. The summed E-state index contributed by atoms with van der Waals surface area (Å²) in [5, 5.41) is 3.89. The molecular formula is C11H12BrN3O. The van der Waals surface area contributed by atoms with Gasteiger partial charge in [-0.3, -0.25) is 0 Å². The number of hydrogen-bond acceptors (Lipinski definition) is 4. The molecule has 5 heteroatoms. The molecule has 0 unspecified atom stereocenters. The van der Waals surface area contributed by atoms with Crippen LogP contribution in [0, 0.1) is 0 Å². The maximum absolute atomic E-state index is 5.42. The summed E-state index contributed by atoms with van der Waals surface area (Å²) in [5.74, 6) is 1.03. The number of benzene rings is 1. The Balaban J connectivity index is 2.42. The van der Waals surface area contributed by atoms with Gasteiger partial charge in [-0.05, 0) is 30.2 Å². The summed E-state index contributed by atoms with van der Waals surface area (Å²) in [5.41, 5.74) is 7.59. The van der Waals surface area contributed by atoms with Crippen LogP contribution in [-0.2, 0) is 13.0 Å². The molecule has 1 aromatic carbocycles. The Morgan fingerprint density at radius 1 is 1.38 bits per heavy atom. The van der Waals surface area contributed by atoms with Gasteiger partial charge in [0.1, 0.15) is 0 Å². The molecule has 0 radical (unpaired) electrons. The van der Waals surface area contributed by atoms with Crippen molar-refractivity contribution >= 4 is 15.9 Å². The van der Waals surface area contributed by atoms with E-state index < -0.39 is 0 Å². The average molecular weight is 282 g/mol. The Morgan fingerprint density at radius 2 is 2.19 bits per heavy atom. The lowest BCUT2D eigenvalue weighted by Gasteiger charge is -2.01. The molecular weight excluding hydrogens is 270 g/mol. The third-order valence-corrected chi connectivity index (χ3v) is 2.72. The van der Waals surface area contributed by atoms with Crippen LogP contribution in [0.1, 0.15) is 18.4 Å². The predicted octanol–water partition coefficient (Wildman–Crippen LogP) is 2.52. The van der Waals surface area contributed by atoms with E-state index in [0.29, 0.717) is 11.7 Å². The van der Waals surface area contributed by atoms with Crippen LogP contribution in [-0.4, -0.2) is 10.1 Å². The summed E-state index contributed by atoms with van der Waals surface area (Å²) >= 11 is 3.46. The van der Waals surface area contributed by atoms with Gasteiger partial charge in [0, 0.05) is 10.0 Å². The van der Waals surface area contributed by atoms with Crippen molar-refractivity contribution in [2.24, 2.45) is 5.73 Å². The van der Waals surface area contributed by atoms with E-state index in [0.717, 1.165) is 16.5 Å². The molecule has 2 rings (SSSR count). The largest absolute Gasteiger partial charge is 0.338 e. The Bertz CT molecular complexity index is 496. The first kappa shape index (κ1) is 11.3. The molecule has 84 valence electrons. The van der Waals surface area contributed by atoms with Gasteiger partial charge in [-0.25, -0.2) is 0 Å². The number of nitrogens with zero attached hydrogens (tertiary/aromatic N) is 2. The minimum absolute atomic E-state index is 0.266. The monoisotopic (exact) mass is 281 g/mol. The summed E-state index contributed by atoms with van der Waals surface area (Å²) in [4.78, 5) is 4.19. The molecule has 16 heavy (non-hydrogen) atoms. The van der Waals surface area contributed by atoms with Crippen molar-refractivity contribution in [2.45, 2.75) is 19.9 Å². The molecule has 0 fully saturated rings. The molecule has 0 aliphatic heterocycles. The van der Waals surface area contributed by atoms with Crippen LogP contribution in [0.25, 0.3) is 11.4 Å². The smallest absolute Gasteiger partial charge is 0.240 e. The summed E-state index contributed by atoms with van der Waals surface area (Å²) in [6.07, 6.45) is 0.966. The summed E-state index contributed by atoms with van der Waals surface area (Å²) in [6.45, 7) is 2.37. The first-order valence-electron chi connectivity index (χ1n) is 5.05. The van der Waals surface area contributed by atoms with Crippen LogP contribution in [0.15, 0.2) is 27.2 Å². The Morgan fingerprint density at radius 3 is 2.81 bits per heavy atom. The van der Waals surface area contributed by atoms with Crippen molar-refractivity contribution in [3.05, 3.63) is 34.1 Å². The van der Waals surface area contributed by atoms with Gasteiger partial charge < -0.3 is 10.3 Å². The van der Waals surface area contributed by atoms with Gasteiger partial charge in [0.25, 0.3) is 0 Å². The first-order chi connectivity index (χ1) is 7.72. The van der Waals surface area contributed by atoms with Crippen molar-refractivity contribution in [1.82, 2.24) is 10.1 Å². The minimum atomic E-state index is 0.266. The van der Waals surface area contributed by atoms with Crippen molar-refractivity contribution < 1.29 is 4.52 Å². The molecule has 0 aliphatic carbocycles. The number of nitrogens with two attached hydrogens (primary N) is 1. The van der Waals surface area contributed by atoms with E-state index in [1.165, 1.54) is 5.56 Å². The van der Waals surface area contributed by atoms with Crippen LogP contribution in [0.3, 0.4) is 0 Å². The first-order valence-corrected chi connectivity index (χ1v) is 5.84. The highest BCUT2D eigenvalue weighted by Gasteiger charge is 2.08. The third kappa shape index (κ3) is 2.31. The second-order valence-electron chi connectivity index (χ2n) is 3.42. The van der Waals surface area contributed by atoms with Crippen molar-refractivity contribution in [1.29, 1.82) is 0 Å². The van der Waals surface area contributed by atoms with E-state index in [-0.39, 0.29) is 6.54 Å². The molecule has 0 atom stereocenters. The van der Waals surface area contributed by atoms with Crippen molar-refractivity contribution in [2.75, 3.05) is 0 Å². The number of aryl methyl sites for hydroxylation is 1. The molecule has 2 aromatic rings. The van der Waals surface area contributed by atoms with Gasteiger partial charge in [-0.1, -0.05) is 28.0 Å². The van der Waals surface area contributed by atoms with E-state index in [2.05, 4.69) is 45.1 Å². The maximum Gasteiger partial charge on any atom is 0.240 e. The molecule has 0 saturated heterocycles. The minimum Gasteiger partial charge on any atom is -0.338 e. The van der Waals surface area contributed by atoms with Gasteiger partial charge in [-0.15, -0.1) is 0 Å². The Labute approximate surface area is 102 Å². The standard InChI is InChI=1S/C11H12BrN3O/c1-2-7-3-8(5-9(12)4-7)11-14-10(6-13)16-15-11/h3-5H,2,6,13H2,1H3. The molecule has 1 heterocycles. The van der Waals surface area contributed by atoms with Gasteiger partial charge >= 0.3 is 0 Å². The molecule has 0 amide bonds. The number of aromatic nitrogens is 2. The fourth-order valence-corrected chi connectivity index (χ4v) is 1.98. The zero-order valence-corrected chi connectivity index (χ0v) is 10.5. The van der Waals surface area contributed by atoms with E-state index >= 15 is 0 Å². The Kier molecular flexibility index (Phi) is 3.36. The molecule has 0 aliphatic rings. The summed E-state index contributed by atoms with van der Waals surface area (Å²) in [7, 11) is 0. The fourth-order valence-electron chi connectivity index (χ4n) is 1.44. The van der Waals surface area contributed by atoms with Crippen LogP contribution in [0.2, 0.25) is 0 Å². The summed E-state index contributed by atoms with van der Waals surface area (Å²) in [6, 6.07) is 6.09. The summed E-state index contributed by atoms with van der Waals surface area (Å²) < 4.78 is 5.99. The number of rotatable bonds is 3. The van der Waals surface area contributed by atoms with Gasteiger partial charge in [0.2, 0.25) is 11.7 Å². The van der Waals surface area contributed by atoms with Crippen molar-refractivity contribution in [3.8, 4) is 11.4 Å². The highest BCUT2D eigenvalue weighted by Crippen LogP contribution is 2.23. The van der Waals surface area contributed by atoms with E-state index in [4.69, 9.17) is 10.3 Å². The SMILES string of the molecule is CCc1cc(Br)cc(-c2noc(CN)n2)c1. The molecule has 2 N–H and O–H groups in total. The van der Waals surface area contributed by atoms with Crippen LogP contribution in [0.4, 0.5) is 0 Å². The molecule has 0 bridgehead atoms. The Hall–Kier alpha value is -1.20. The lowest BCUT2D eigenvalue weighted by molar-refractivity contribution is 0.380. The third-order valence-electron chi connectivity index (χ3n) is 2.27. The van der Waals surface area contributed by atoms with Gasteiger partial charge in [-0.2, -0.15) is 4.98 Å². The molecule has 0 saturated carbocycles. The zero-order chi connectivity index (χ0) is 11.5. The van der Waals surface area contributed by atoms with Crippen LogP contribution >= 0.6 is 15.9 Å². The van der Waals surface area contributed by atoms with Crippen LogP contribution in [0.5, 0.6) is 0 Å². The second-order valence-corrected chi connectivity index (χ2v) is 4.33. The highest BCUT2D eigenvalue weighted by molar-refractivity contribution is 9.10.